The van der Waals surface area contributed by atoms with Gasteiger partial charge < -0.3 is 23.7 Å². The Balaban J connectivity index is 2.69. The lowest BCUT2D eigenvalue weighted by Crippen LogP contribution is -2.21. The minimum absolute atomic E-state index is 0.170. The molecule has 0 saturated heterocycles. The van der Waals surface area contributed by atoms with Crippen molar-refractivity contribution in [2.75, 3.05) is 21.3 Å². The van der Waals surface area contributed by atoms with Crippen molar-refractivity contribution < 1.29 is 33.3 Å². The third kappa shape index (κ3) is 5.60. The highest BCUT2D eigenvalue weighted by atomic mass is 16.6. The van der Waals surface area contributed by atoms with E-state index in [1.165, 1.54) is 14.2 Å². The van der Waals surface area contributed by atoms with Gasteiger partial charge >= 0.3 is 11.9 Å². The fourth-order valence-electron chi connectivity index (χ4n) is 3.55. The zero-order valence-corrected chi connectivity index (χ0v) is 19.4. The van der Waals surface area contributed by atoms with E-state index in [2.05, 4.69) is 6.92 Å². The molecular formula is C24H32O7. The Kier molecular flexibility index (Phi) is 8.14. The van der Waals surface area contributed by atoms with Gasteiger partial charge in [0.1, 0.15) is 5.75 Å². The molecule has 7 heteroatoms. The van der Waals surface area contributed by atoms with Gasteiger partial charge in [0.25, 0.3) is 0 Å². The summed E-state index contributed by atoms with van der Waals surface area (Å²) in [5.41, 5.74) is -0.201. The minimum atomic E-state index is -0.427. The van der Waals surface area contributed by atoms with Crippen molar-refractivity contribution in [1.29, 1.82) is 0 Å². The summed E-state index contributed by atoms with van der Waals surface area (Å²) in [6, 6.07) is 5.17. The fourth-order valence-corrected chi connectivity index (χ4v) is 3.55. The number of methoxy groups -OCH3 is 3. The number of hydrogen-bond donors (Lipinski definition) is 0. The summed E-state index contributed by atoms with van der Waals surface area (Å²) in [4.78, 5) is 24.9. The van der Waals surface area contributed by atoms with E-state index < -0.39 is 5.97 Å². The van der Waals surface area contributed by atoms with Gasteiger partial charge in [-0.2, -0.15) is 0 Å². The maximum Gasteiger partial charge on any atom is 0.311 e. The minimum Gasteiger partial charge on any atom is -0.497 e. The molecule has 0 radical (unpaired) electrons. The number of ether oxygens (including phenoxy) is 5. The fraction of sp³-hybridized carbons (Fsp3) is 0.500. The molecule has 0 fully saturated rings. The lowest BCUT2D eigenvalue weighted by molar-refractivity contribution is -0.137. The maximum atomic E-state index is 12.8. The molecule has 0 amide bonds. The molecule has 0 bridgehead atoms. The molecule has 2 aromatic rings. The van der Waals surface area contributed by atoms with Gasteiger partial charge in [-0.15, -0.1) is 0 Å². The molecule has 0 spiro atoms. The summed E-state index contributed by atoms with van der Waals surface area (Å²) in [6.45, 7) is 7.84. The van der Waals surface area contributed by atoms with Crippen molar-refractivity contribution in [2.24, 2.45) is 5.41 Å². The van der Waals surface area contributed by atoms with E-state index in [0.717, 1.165) is 12.8 Å². The van der Waals surface area contributed by atoms with Crippen LogP contribution in [-0.4, -0.2) is 33.3 Å². The molecule has 0 unspecified atom stereocenters. The molecule has 170 valence electrons. The molecule has 0 aliphatic rings. The predicted octanol–water partition coefficient (Wildman–Crippen LogP) is 5.30. The van der Waals surface area contributed by atoms with Crippen molar-refractivity contribution in [3.05, 3.63) is 18.2 Å². The van der Waals surface area contributed by atoms with Gasteiger partial charge in [-0.05, 0) is 30.0 Å². The number of rotatable bonds is 10. The standard InChI is InChI=1S/C24H32O7/c1-8-12-24(3,4)14-19(26)31-21-17-13-15(27-5)10-11-16(17)20(30-18(25)9-2)22(28-6)23(21)29-7/h10-11,13H,8-9,12,14H2,1-7H3. The van der Waals surface area contributed by atoms with E-state index in [4.69, 9.17) is 23.7 Å². The molecule has 2 aromatic carbocycles. The van der Waals surface area contributed by atoms with Gasteiger partial charge in [0.05, 0.1) is 27.8 Å². The summed E-state index contributed by atoms with van der Waals surface area (Å²) in [7, 11) is 4.42. The molecule has 0 atom stereocenters. The Labute approximate surface area is 183 Å². The normalized spacial score (nSPS) is 11.2. The number of fused-ring (bicyclic) bond motifs is 1. The summed E-state index contributed by atoms with van der Waals surface area (Å²) in [5.74, 6) is 0.485. The van der Waals surface area contributed by atoms with Crippen molar-refractivity contribution in [3.63, 3.8) is 0 Å². The predicted molar refractivity (Wildman–Crippen MR) is 118 cm³/mol. The summed E-state index contributed by atoms with van der Waals surface area (Å²) >= 11 is 0. The smallest absolute Gasteiger partial charge is 0.311 e. The first-order valence-electron chi connectivity index (χ1n) is 10.4. The third-order valence-corrected chi connectivity index (χ3v) is 5.01. The molecule has 0 aliphatic carbocycles. The van der Waals surface area contributed by atoms with Crippen LogP contribution in [0.25, 0.3) is 10.8 Å². The monoisotopic (exact) mass is 432 g/mol. The van der Waals surface area contributed by atoms with Gasteiger partial charge in [-0.25, -0.2) is 0 Å². The number of esters is 2. The molecule has 0 aliphatic heterocycles. The quantitative estimate of drug-likeness (QED) is 0.372. The van der Waals surface area contributed by atoms with E-state index >= 15 is 0 Å². The van der Waals surface area contributed by atoms with Crippen molar-refractivity contribution >= 4 is 22.7 Å². The van der Waals surface area contributed by atoms with Gasteiger partial charge in [0.2, 0.25) is 11.5 Å². The first-order chi connectivity index (χ1) is 14.7. The number of carbonyl (C=O) groups is 2. The first-order valence-corrected chi connectivity index (χ1v) is 10.4. The molecule has 7 nitrogen and oxygen atoms in total. The van der Waals surface area contributed by atoms with Crippen LogP contribution in [0, 0.1) is 5.41 Å². The molecule has 0 aromatic heterocycles. The Morgan fingerprint density at radius 2 is 1.39 bits per heavy atom. The highest BCUT2D eigenvalue weighted by molar-refractivity contribution is 6.02. The van der Waals surface area contributed by atoms with Crippen LogP contribution in [0.4, 0.5) is 0 Å². The topological polar surface area (TPSA) is 80.3 Å². The van der Waals surface area contributed by atoms with E-state index in [1.54, 1.807) is 32.2 Å². The van der Waals surface area contributed by atoms with E-state index in [-0.39, 0.29) is 47.2 Å². The lowest BCUT2D eigenvalue weighted by atomic mass is 9.85. The molecule has 2 rings (SSSR count). The van der Waals surface area contributed by atoms with E-state index in [9.17, 15) is 9.59 Å². The van der Waals surface area contributed by atoms with Crippen molar-refractivity contribution in [3.8, 4) is 28.7 Å². The van der Waals surface area contributed by atoms with Crippen LogP contribution in [0.1, 0.15) is 53.4 Å². The molecule has 0 saturated carbocycles. The second-order valence-electron chi connectivity index (χ2n) is 8.03. The summed E-state index contributed by atoms with van der Waals surface area (Å²) < 4.78 is 27.8. The second-order valence-corrected chi connectivity index (χ2v) is 8.03. The first kappa shape index (κ1) is 24.3. The Morgan fingerprint density at radius 1 is 0.806 bits per heavy atom. The summed E-state index contributed by atoms with van der Waals surface area (Å²) in [5, 5.41) is 1.05. The number of carbonyl (C=O) groups excluding carboxylic acids is 2. The van der Waals surface area contributed by atoms with Crippen LogP contribution in [-0.2, 0) is 9.59 Å². The van der Waals surface area contributed by atoms with Gasteiger partial charge in [-0.3, -0.25) is 9.59 Å². The number of benzene rings is 2. The van der Waals surface area contributed by atoms with E-state index in [0.29, 0.717) is 16.5 Å². The maximum absolute atomic E-state index is 12.8. The molecule has 0 heterocycles. The zero-order valence-electron chi connectivity index (χ0n) is 19.4. The van der Waals surface area contributed by atoms with Gasteiger partial charge in [0, 0.05) is 17.2 Å². The lowest BCUT2D eigenvalue weighted by Gasteiger charge is -2.24. The van der Waals surface area contributed by atoms with Crippen molar-refractivity contribution in [2.45, 2.75) is 53.4 Å². The molecule has 31 heavy (non-hydrogen) atoms. The van der Waals surface area contributed by atoms with Crippen molar-refractivity contribution in [1.82, 2.24) is 0 Å². The van der Waals surface area contributed by atoms with Crippen LogP contribution < -0.4 is 23.7 Å². The van der Waals surface area contributed by atoms with Gasteiger partial charge in [-0.1, -0.05) is 34.1 Å². The average molecular weight is 433 g/mol. The Morgan fingerprint density at radius 3 is 1.90 bits per heavy atom. The Hall–Kier alpha value is -2.96. The van der Waals surface area contributed by atoms with Gasteiger partial charge in [0.15, 0.2) is 11.5 Å². The third-order valence-electron chi connectivity index (χ3n) is 5.01. The van der Waals surface area contributed by atoms with Crippen LogP contribution >= 0.6 is 0 Å². The second kappa shape index (κ2) is 10.4. The zero-order chi connectivity index (χ0) is 23.2. The largest absolute Gasteiger partial charge is 0.497 e. The van der Waals surface area contributed by atoms with E-state index in [1.807, 2.05) is 13.8 Å². The number of hydrogen-bond acceptors (Lipinski definition) is 7. The molecular weight excluding hydrogens is 400 g/mol. The Bertz CT molecular complexity index is 947. The van der Waals surface area contributed by atoms with Crippen LogP contribution in [0.15, 0.2) is 18.2 Å². The summed E-state index contributed by atoms with van der Waals surface area (Å²) in [6.07, 6.45) is 2.29. The highest BCUT2D eigenvalue weighted by Crippen LogP contribution is 2.52. The van der Waals surface area contributed by atoms with Crippen LogP contribution in [0.2, 0.25) is 0 Å². The average Bonchev–Trinajstić information content (AvgIpc) is 2.73. The van der Waals surface area contributed by atoms with Crippen LogP contribution in [0.5, 0.6) is 28.7 Å². The SMILES string of the molecule is CCCC(C)(C)CC(=O)Oc1c(OC)c(OC)c(OC(=O)CC)c2ccc(OC)cc12. The van der Waals surface area contributed by atoms with Crippen LogP contribution in [0.3, 0.4) is 0 Å². The molecule has 0 N–H and O–H groups in total. The highest BCUT2D eigenvalue weighted by Gasteiger charge is 2.29.